The lowest BCUT2D eigenvalue weighted by atomic mass is 10.0. The number of likely N-dealkylation sites (tertiary alicyclic amines) is 1. The second kappa shape index (κ2) is 5.59. The molecule has 0 unspecified atom stereocenters. The second-order valence-electron chi connectivity index (χ2n) is 4.90. The van der Waals surface area contributed by atoms with Crippen molar-refractivity contribution >= 4 is 5.91 Å². The first-order valence-corrected chi connectivity index (χ1v) is 6.41. The summed E-state index contributed by atoms with van der Waals surface area (Å²) in [7, 11) is 1.58. The molecule has 0 bridgehead atoms. The van der Waals surface area contributed by atoms with E-state index in [0.717, 1.165) is 5.56 Å². The number of carbonyl (C=O) groups excluding carboxylic acids is 1. The van der Waals surface area contributed by atoms with Crippen LogP contribution in [0.1, 0.15) is 22.3 Å². The van der Waals surface area contributed by atoms with Gasteiger partial charge in [-0.1, -0.05) is 6.07 Å². The Kier molecular flexibility index (Phi) is 4.07. The number of aliphatic hydroxyl groups excluding tert-OH is 1. The standard InChI is InChI=1S/C14H20N2O3/c1-9-10(4-3-5-13(9)19-2)14(18)16-7-6-11(15)12(17)8-16/h3-5,11-12,17H,6-8,15H2,1-2H3/t11-,12-/m1/s1. The lowest BCUT2D eigenvalue weighted by Crippen LogP contribution is -2.52. The van der Waals surface area contributed by atoms with Crippen LogP contribution in [0.5, 0.6) is 5.75 Å². The third-order valence-electron chi connectivity index (χ3n) is 3.66. The van der Waals surface area contributed by atoms with Crippen LogP contribution in [0.25, 0.3) is 0 Å². The highest BCUT2D eigenvalue weighted by Crippen LogP contribution is 2.23. The molecular weight excluding hydrogens is 244 g/mol. The van der Waals surface area contributed by atoms with Gasteiger partial charge in [0.25, 0.3) is 5.91 Å². The first-order chi connectivity index (χ1) is 9.04. The molecule has 2 atom stereocenters. The molecule has 1 saturated heterocycles. The van der Waals surface area contributed by atoms with Gasteiger partial charge < -0.3 is 20.5 Å². The monoisotopic (exact) mass is 264 g/mol. The Morgan fingerprint density at radius 2 is 2.26 bits per heavy atom. The highest BCUT2D eigenvalue weighted by atomic mass is 16.5. The fourth-order valence-electron chi connectivity index (χ4n) is 2.37. The summed E-state index contributed by atoms with van der Waals surface area (Å²) in [6.07, 6.45) is -0.0285. The molecule has 1 aromatic carbocycles. The highest BCUT2D eigenvalue weighted by Gasteiger charge is 2.29. The molecule has 104 valence electrons. The number of nitrogens with two attached hydrogens (primary N) is 1. The average molecular weight is 264 g/mol. The Balaban J connectivity index is 2.20. The van der Waals surface area contributed by atoms with Crippen molar-refractivity contribution in [3.05, 3.63) is 29.3 Å². The molecule has 0 aromatic heterocycles. The van der Waals surface area contributed by atoms with Crippen molar-refractivity contribution in [2.75, 3.05) is 20.2 Å². The zero-order valence-electron chi connectivity index (χ0n) is 11.3. The topological polar surface area (TPSA) is 75.8 Å². The number of β-amino-alcohol motifs (C(OH)–C–C–N with tert-alkyl or cyclic N) is 1. The minimum absolute atomic E-state index is 0.0812. The number of hydrogen-bond donors (Lipinski definition) is 2. The number of aliphatic hydroxyl groups is 1. The van der Waals surface area contributed by atoms with Crippen LogP contribution in [0.2, 0.25) is 0 Å². The largest absolute Gasteiger partial charge is 0.496 e. The maximum Gasteiger partial charge on any atom is 0.254 e. The first-order valence-electron chi connectivity index (χ1n) is 6.41. The number of piperidine rings is 1. The fourth-order valence-corrected chi connectivity index (χ4v) is 2.37. The SMILES string of the molecule is COc1cccc(C(=O)N2CC[C@@H](N)[C@H](O)C2)c1C. The van der Waals surface area contributed by atoms with Crippen LogP contribution in [0.3, 0.4) is 0 Å². The molecule has 19 heavy (non-hydrogen) atoms. The quantitative estimate of drug-likeness (QED) is 0.817. The summed E-state index contributed by atoms with van der Waals surface area (Å²) in [5, 5.41) is 9.77. The van der Waals surface area contributed by atoms with E-state index < -0.39 is 6.10 Å². The van der Waals surface area contributed by atoms with Gasteiger partial charge in [-0.2, -0.15) is 0 Å². The predicted octanol–water partition coefficient (Wildman–Crippen LogP) is 0.538. The first kappa shape index (κ1) is 13.8. The minimum Gasteiger partial charge on any atom is -0.496 e. The van der Waals surface area contributed by atoms with Crippen LogP contribution in [-0.4, -0.2) is 48.3 Å². The average Bonchev–Trinajstić information content (AvgIpc) is 2.41. The van der Waals surface area contributed by atoms with Gasteiger partial charge in [0.2, 0.25) is 0 Å². The van der Waals surface area contributed by atoms with Crippen LogP contribution >= 0.6 is 0 Å². The van der Waals surface area contributed by atoms with Gasteiger partial charge in [-0.05, 0) is 25.5 Å². The molecule has 1 aromatic rings. The van der Waals surface area contributed by atoms with Crippen molar-refractivity contribution in [2.24, 2.45) is 5.73 Å². The van der Waals surface area contributed by atoms with Gasteiger partial charge in [-0.25, -0.2) is 0 Å². The summed E-state index contributed by atoms with van der Waals surface area (Å²) in [5.41, 5.74) is 7.18. The fraction of sp³-hybridized carbons (Fsp3) is 0.500. The minimum atomic E-state index is -0.649. The van der Waals surface area contributed by atoms with Gasteiger partial charge in [-0.3, -0.25) is 4.79 Å². The number of hydrogen-bond acceptors (Lipinski definition) is 4. The van der Waals surface area contributed by atoms with E-state index in [0.29, 0.717) is 24.3 Å². The lowest BCUT2D eigenvalue weighted by Gasteiger charge is -2.34. The number of nitrogens with zero attached hydrogens (tertiary/aromatic N) is 1. The maximum atomic E-state index is 12.5. The summed E-state index contributed by atoms with van der Waals surface area (Å²) >= 11 is 0. The Hall–Kier alpha value is -1.59. The molecule has 0 spiro atoms. The van der Waals surface area contributed by atoms with Crippen molar-refractivity contribution in [3.8, 4) is 5.75 Å². The van der Waals surface area contributed by atoms with E-state index in [1.165, 1.54) is 0 Å². The molecule has 0 radical (unpaired) electrons. The van der Waals surface area contributed by atoms with E-state index in [-0.39, 0.29) is 18.5 Å². The predicted molar refractivity (Wildman–Crippen MR) is 72.2 cm³/mol. The molecular formula is C14H20N2O3. The molecule has 1 fully saturated rings. The Morgan fingerprint density at radius 1 is 1.53 bits per heavy atom. The van der Waals surface area contributed by atoms with Gasteiger partial charge in [0.1, 0.15) is 5.75 Å². The van der Waals surface area contributed by atoms with E-state index in [1.807, 2.05) is 13.0 Å². The van der Waals surface area contributed by atoms with Gasteiger partial charge in [0.05, 0.1) is 13.2 Å². The number of amides is 1. The molecule has 0 saturated carbocycles. The van der Waals surface area contributed by atoms with Crippen molar-refractivity contribution in [3.63, 3.8) is 0 Å². The zero-order valence-corrected chi connectivity index (χ0v) is 11.3. The Bertz CT molecular complexity index is 476. The molecule has 3 N–H and O–H groups in total. The summed E-state index contributed by atoms with van der Waals surface area (Å²) in [6.45, 7) is 2.72. The number of rotatable bonds is 2. The molecule has 5 nitrogen and oxygen atoms in total. The van der Waals surface area contributed by atoms with E-state index in [1.54, 1.807) is 24.1 Å². The molecule has 1 aliphatic heterocycles. The summed E-state index contributed by atoms with van der Waals surface area (Å²) in [4.78, 5) is 14.1. The number of methoxy groups -OCH3 is 1. The summed E-state index contributed by atoms with van der Waals surface area (Å²) in [5.74, 6) is 0.613. The van der Waals surface area contributed by atoms with Gasteiger partial charge in [-0.15, -0.1) is 0 Å². The summed E-state index contributed by atoms with van der Waals surface area (Å²) in [6, 6.07) is 5.16. The summed E-state index contributed by atoms with van der Waals surface area (Å²) < 4.78 is 5.22. The number of carbonyl (C=O) groups is 1. The van der Waals surface area contributed by atoms with E-state index >= 15 is 0 Å². The van der Waals surface area contributed by atoms with Crippen molar-refractivity contribution in [2.45, 2.75) is 25.5 Å². The Labute approximate surface area is 113 Å². The van der Waals surface area contributed by atoms with Crippen LogP contribution in [0.15, 0.2) is 18.2 Å². The molecule has 5 heteroatoms. The second-order valence-corrected chi connectivity index (χ2v) is 4.90. The van der Waals surface area contributed by atoms with E-state index in [9.17, 15) is 9.90 Å². The molecule has 2 rings (SSSR count). The van der Waals surface area contributed by atoms with Crippen LogP contribution in [0, 0.1) is 6.92 Å². The van der Waals surface area contributed by atoms with Crippen molar-refractivity contribution in [1.29, 1.82) is 0 Å². The highest BCUT2D eigenvalue weighted by molar-refractivity contribution is 5.96. The van der Waals surface area contributed by atoms with E-state index in [4.69, 9.17) is 10.5 Å². The van der Waals surface area contributed by atoms with Crippen LogP contribution in [-0.2, 0) is 0 Å². The zero-order chi connectivity index (χ0) is 14.0. The van der Waals surface area contributed by atoms with Crippen LogP contribution in [0.4, 0.5) is 0 Å². The molecule has 1 aliphatic rings. The maximum absolute atomic E-state index is 12.5. The third-order valence-corrected chi connectivity index (χ3v) is 3.66. The van der Waals surface area contributed by atoms with E-state index in [2.05, 4.69) is 0 Å². The molecule has 1 amide bonds. The third kappa shape index (κ3) is 2.72. The van der Waals surface area contributed by atoms with Gasteiger partial charge in [0.15, 0.2) is 0 Å². The normalized spacial score (nSPS) is 23.3. The molecule has 0 aliphatic carbocycles. The van der Waals surface area contributed by atoms with Gasteiger partial charge >= 0.3 is 0 Å². The lowest BCUT2D eigenvalue weighted by molar-refractivity contribution is 0.0394. The van der Waals surface area contributed by atoms with Crippen molar-refractivity contribution in [1.82, 2.24) is 4.90 Å². The van der Waals surface area contributed by atoms with Gasteiger partial charge in [0, 0.05) is 30.3 Å². The smallest absolute Gasteiger partial charge is 0.254 e. The van der Waals surface area contributed by atoms with Crippen molar-refractivity contribution < 1.29 is 14.6 Å². The number of ether oxygens (including phenoxy) is 1. The Morgan fingerprint density at radius 3 is 2.89 bits per heavy atom. The van der Waals surface area contributed by atoms with Crippen LogP contribution < -0.4 is 10.5 Å². The molecule has 1 heterocycles. The number of benzene rings is 1.